The van der Waals surface area contributed by atoms with Crippen LogP contribution in [0.5, 0.6) is 0 Å². The van der Waals surface area contributed by atoms with Gasteiger partial charge in [0.05, 0.1) is 17.1 Å². The largest absolute Gasteiger partial charge is 0.423 e. The third kappa shape index (κ3) is 5.19. The minimum absolute atomic E-state index is 0.0486. The highest BCUT2D eigenvalue weighted by molar-refractivity contribution is 6.14. The highest BCUT2D eigenvalue weighted by atomic mass is 16.7. The van der Waals surface area contributed by atoms with Gasteiger partial charge >= 0.3 is 6.09 Å². The number of hydrogen-bond donors (Lipinski definition) is 3. The first-order valence-electron chi connectivity index (χ1n) is 11.1. The van der Waals surface area contributed by atoms with Crippen molar-refractivity contribution in [3.8, 4) is 0 Å². The van der Waals surface area contributed by atoms with Gasteiger partial charge in [0.25, 0.3) is 0 Å². The van der Waals surface area contributed by atoms with E-state index in [4.69, 9.17) is 17.1 Å². The fourth-order valence-corrected chi connectivity index (χ4v) is 3.86. The summed E-state index contributed by atoms with van der Waals surface area (Å²) >= 11 is 0. The Labute approximate surface area is 202 Å². The van der Waals surface area contributed by atoms with Crippen LogP contribution < -0.4 is 10.6 Å². The van der Waals surface area contributed by atoms with Crippen molar-refractivity contribution in [3.63, 3.8) is 0 Å². The van der Waals surface area contributed by atoms with E-state index in [9.17, 15) is 19.5 Å². The molecule has 35 heavy (non-hydrogen) atoms. The van der Waals surface area contributed by atoms with E-state index >= 15 is 0 Å². The van der Waals surface area contributed by atoms with Gasteiger partial charge in [0.1, 0.15) is 0 Å². The van der Waals surface area contributed by atoms with Gasteiger partial charge in [0.15, 0.2) is 13.5 Å². The Hall–Kier alpha value is -3.73. The number of ether oxygens (including phenoxy) is 1. The van der Waals surface area contributed by atoms with Crippen LogP contribution in [0.25, 0.3) is 10.9 Å². The van der Waals surface area contributed by atoms with E-state index in [1.54, 1.807) is 19.1 Å². The molecule has 10 nitrogen and oxygen atoms in total. The number of aliphatic hydroxyl groups is 1. The average molecular weight is 476 g/mol. The minimum Gasteiger partial charge on any atom is -0.423 e. The van der Waals surface area contributed by atoms with Crippen LogP contribution in [0.1, 0.15) is 62.0 Å². The first-order chi connectivity index (χ1) is 16.3. The molecule has 3 amide bonds. The molecule has 0 aliphatic carbocycles. The van der Waals surface area contributed by atoms with Gasteiger partial charge in [-0.15, -0.1) is 0 Å². The monoisotopic (exact) mass is 476 g/mol. The number of nitrogens with one attached hydrogen (secondary N) is 2. The zero-order chi connectivity index (χ0) is 25.5. The number of aromatic nitrogens is 2. The number of imide groups is 1. The summed E-state index contributed by atoms with van der Waals surface area (Å²) in [6.07, 6.45) is -0.369. The van der Waals surface area contributed by atoms with Gasteiger partial charge < -0.3 is 14.4 Å². The van der Waals surface area contributed by atoms with Crippen molar-refractivity contribution in [3.05, 3.63) is 52.8 Å². The van der Waals surface area contributed by atoms with E-state index in [0.29, 0.717) is 28.7 Å². The lowest BCUT2D eigenvalue weighted by Gasteiger charge is -2.25. The Balaban J connectivity index is 1.52. The van der Waals surface area contributed by atoms with Gasteiger partial charge in [0, 0.05) is 34.5 Å². The molecule has 3 aromatic rings. The van der Waals surface area contributed by atoms with Crippen LogP contribution in [-0.4, -0.2) is 41.0 Å². The van der Waals surface area contributed by atoms with Gasteiger partial charge in [0.2, 0.25) is 17.7 Å². The molecule has 1 aromatic carbocycles. The summed E-state index contributed by atoms with van der Waals surface area (Å²) in [5, 5.41) is 19.9. The maximum Gasteiger partial charge on any atom is 0.416 e. The van der Waals surface area contributed by atoms with E-state index in [0.717, 1.165) is 5.56 Å². The molecule has 2 unspecified atom stereocenters. The molecule has 0 saturated carbocycles. The van der Waals surface area contributed by atoms with Crippen LogP contribution in [0.2, 0.25) is 0 Å². The number of piperidine rings is 1. The Kier molecular flexibility index (Phi) is 6.14. The molecule has 1 saturated heterocycles. The molecule has 1 aliphatic rings. The lowest BCUT2D eigenvalue weighted by atomic mass is 9.85. The highest BCUT2D eigenvalue weighted by Crippen LogP contribution is 2.31. The average Bonchev–Trinajstić information content (AvgIpc) is 3.21. The number of rotatable bonds is 4. The molecular weight excluding hydrogens is 451 g/mol. The van der Waals surface area contributed by atoms with Crippen molar-refractivity contribution in [2.75, 3.05) is 5.32 Å². The molecule has 180 valence electrons. The van der Waals surface area contributed by atoms with E-state index in [-0.39, 0.29) is 35.1 Å². The fourth-order valence-electron chi connectivity index (χ4n) is 3.86. The van der Waals surface area contributed by atoms with Crippen molar-refractivity contribution in [2.45, 2.75) is 57.6 Å². The fraction of sp³-hybridized carbons (Fsp3) is 0.375. The van der Waals surface area contributed by atoms with Crippen molar-refractivity contribution in [1.29, 1.82) is 0 Å². The Morgan fingerprint density at radius 1 is 1.26 bits per heavy atom. The predicted molar refractivity (Wildman–Crippen MR) is 127 cm³/mol. The smallest absolute Gasteiger partial charge is 0.416 e. The molecule has 0 spiro atoms. The Bertz CT molecular complexity index is 1330. The topological polar surface area (TPSA) is 144 Å². The number of fused-ring (bicyclic) bond motifs is 1. The number of anilines is 1. The van der Waals surface area contributed by atoms with Crippen molar-refractivity contribution >= 4 is 42.5 Å². The summed E-state index contributed by atoms with van der Waals surface area (Å²) in [7, 11) is 5.89. The normalized spacial score (nSPS) is 18.1. The second-order valence-electron chi connectivity index (χ2n) is 9.61. The number of amides is 3. The first kappa shape index (κ1) is 24.4. The highest BCUT2D eigenvalue weighted by Gasteiger charge is 2.31. The van der Waals surface area contributed by atoms with Gasteiger partial charge in [-0.1, -0.05) is 38.1 Å². The molecule has 2 radical (unpaired) electrons. The quantitative estimate of drug-likeness (QED) is 0.296. The van der Waals surface area contributed by atoms with E-state index in [2.05, 4.69) is 20.8 Å². The maximum atomic E-state index is 12.3. The molecule has 1 aliphatic heterocycles. The lowest BCUT2D eigenvalue weighted by molar-refractivity contribution is -0.134. The molecule has 3 N–H and O–H groups in total. The van der Waals surface area contributed by atoms with Gasteiger partial charge in [-0.25, -0.2) is 4.79 Å². The maximum absolute atomic E-state index is 12.3. The molecular formula is C24H25BN4O6. The lowest BCUT2D eigenvalue weighted by Crippen LogP contribution is -2.39. The number of pyridine rings is 1. The van der Waals surface area contributed by atoms with Crippen LogP contribution in [0.15, 0.2) is 34.9 Å². The van der Waals surface area contributed by atoms with Crippen molar-refractivity contribution in [1.82, 2.24) is 15.5 Å². The number of carbonyl (C=O) groups is 3. The SMILES string of the molecule is [B]C(O)(OC(=O)Nc1cc(C(C)(C)C)no1)c1ccc2cc(C3CCC(=O)NC3=O)c(C)nc2c1. The van der Waals surface area contributed by atoms with Crippen LogP contribution in [0, 0.1) is 6.92 Å². The van der Waals surface area contributed by atoms with Crippen LogP contribution >= 0.6 is 0 Å². The molecule has 2 aromatic heterocycles. The summed E-state index contributed by atoms with van der Waals surface area (Å²) in [5.41, 5.74) is -0.218. The van der Waals surface area contributed by atoms with E-state index < -0.39 is 17.7 Å². The zero-order valence-electron chi connectivity index (χ0n) is 19.8. The number of benzene rings is 1. The number of aryl methyl sites for hydroxylation is 1. The van der Waals surface area contributed by atoms with Crippen molar-refractivity contribution < 1.29 is 28.8 Å². The van der Waals surface area contributed by atoms with Crippen LogP contribution in [0.3, 0.4) is 0 Å². The number of carbonyl (C=O) groups excluding carboxylic acids is 3. The standard InChI is InChI=1S/C24H25BN4O6/c1-12-16(15-7-8-19(30)27-21(15)31)9-13-5-6-14(10-17(13)26-12)24(25,33)34-22(32)28-20-11-18(29-35-20)23(2,3)4/h5-6,9-11,15,33H,7-8H2,1-4H3,(H,28,32)(H,27,30,31). The van der Waals surface area contributed by atoms with Gasteiger partial charge in [-0.2, -0.15) is 0 Å². The van der Waals surface area contributed by atoms with Crippen LogP contribution in [0.4, 0.5) is 10.7 Å². The molecule has 3 heterocycles. The number of nitrogens with zero attached hydrogens (tertiary/aromatic N) is 2. The minimum atomic E-state index is -2.46. The summed E-state index contributed by atoms with van der Waals surface area (Å²) in [6, 6.07) is 8.02. The number of hydrogen-bond acceptors (Lipinski definition) is 8. The zero-order valence-corrected chi connectivity index (χ0v) is 19.8. The second-order valence-corrected chi connectivity index (χ2v) is 9.61. The second kappa shape index (κ2) is 8.81. The van der Waals surface area contributed by atoms with E-state index in [1.807, 2.05) is 26.8 Å². The first-order valence-corrected chi connectivity index (χ1v) is 11.1. The van der Waals surface area contributed by atoms with E-state index in [1.165, 1.54) is 12.1 Å². The summed E-state index contributed by atoms with van der Waals surface area (Å²) in [6.45, 7) is 7.57. The Morgan fingerprint density at radius 3 is 2.66 bits per heavy atom. The molecule has 1 fully saturated rings. The van der Waals surface area contributed by atoms with Crippen molar-refractivity contribution in [2.24, 2.45) is 0 Å². The third-order valence-electron chi connectivity index (χ3n) is 5.83. The Morgan fingerprint density at radius 2 is 2.00 bits per heavy atom. The van der Waals surface area contributed by atoms with Crippen LogP contribution in [-0.2, 0) is 25.4 Å². The van der Waals surface area contributed by atoms with Gasteiger partial charge in [-0.05, 0) is 31.0 Å². The summed E-state index contributed by atoms with van der Waals surface area (Å²) in [4.78, 5) is 40.6. The third-order valence-corrected chi connectivity index (χ3v) is 5.83. The summed E-state index contributed by atoms with van der Waals surface area (Å²) in [5.74, 6) is -1.06. The van der Waals surface area contributed by atoms with Gasteiger partial charge in [-0.3, -0.25) is 25.2 Å². The summed E-state index contributed by atoms with van der Waals surface area (Å²) < 4.78 is 10.1. The predicted octanol–water partition coefficient (Wildman–Crippen LogP) is 2.87. The molecule has 2 atom stereocenters. The molecule has 0 bridgehead atoms. The molecule has 4 rings (SSSR count). The molecule has 11 heteroatoms.